The third-order valence-corrected chi connectivity index (χ3v) is 4.58. The number of nitrogens with zero attached hydrogens (tertiary/aromatic N) is 2. The maximum atomic E-state index is 13.1. The van der Waals surface area contributed by atoms with Crippen molar-refractivity contribution in [3.63, 3.8) is 0 Å². The molecule has 0 fully saturated rings. The Balaban J connectivity index is 2.04. The van der Waals surface area contributed by atoms with Crippen LogP contribution in [0.1, 0.15) is 38.9 Å². The van der Waals surface area contributed by atoms with Crippen molar-refractivity contribution in [2.24, 2.45) is 7.05 Å². The Bertz CT molecular complexity index is 1060. The first kappa shape index (κ1) is 19.1. The molecule has 0 bridgehead atoms. The van der Waals surface area contributed by atoms with E-state index in [1.807, 2.05) is 0 Å². The van der Waals surface area contributed by atoms with Gasteiger partial charge in [0, 0.05) is 23.2 Å². The van der Waals surface area contributed by atoms with Crippen LogP contribution in [0.15, 0.2) is 42.5 Å². The molecule has 7 heteroatoms. The highest BCUT2D eigenvalue weighted by molar-refractivity contribution is 6.37. The largest absolute Gasteiger partial charge is 0.438 e. The first-order valence-corrected chi connectivity index (χ1v) is 8.85. The van der Waals surface area contributed by atoms with E-state index in [4.69, 9.17) is 27.9 Å². The fourth-order valence-corrected chi connectivity index (χ4v) is 3.21. The molecule has 0 saturated carbocycles. The molecule has 0 N–H and O–H groups in total. The van der Waals surface area contributed by atoms with Gasteiger partial charge in [0.05, 0.1) is 10.7 Å². The Morgan fingerprint density at radius 3 is 2.52 bits per heavy atom. The van der Waals surface area contributed by atoms with Crippen molar-refractivity contribution in [1.82, 2.24) is 9.78 Å². The summed E-state index contributed by atoms with van der Waals surface area (Å²) in [6.07, 6.45) is 0. The van der Waals surface area contributed by atoms with E-state index in [1.54, 1.807) is 50.4 Å². The molecule has 0 saturated heterocycles. The van der Waals surface area contributed by atoms with Gasteiger partial charge in [0.25, 0.3) is 0 Å². The van der Waals surface area contributed by atoms with Gasteiger partial charge in [-0.2, -0.15) is 5.10 Å². The summed E-state index contributed by atoms with van der Waals surface area (Å²) in [5, 5.41) is 4.99. The lowest BCUT2D eigenvalue weighted by molar-refractivity contribution is 0.101. The van der Waals surface area contributed by atoms with E-state index in [-0.39, 0.29) is 22.5 Å². The maximum absolute atomic E-state index is 13.1. The van der Waals surface area contributed by atoms with Gasteiger partial charge in [0.15, 0.2) is 5.78 Å². The Morgan fingerprint density at radius 1 is 1.11 bits per heavy atom. The van der Waals surface area contributed by atoms with E-state index in [2.05, 4.69) is 5.10 Å². The highest BCUT2D eigenvalue weighted by Gasteiger charge is 2.25. The summed E-state index contributed by atoms with van der Waals surface area (Å²) in [7, 11) is 1.68. The Hall–Kier alpha value is -2.63. The number of carbonyl (C=O) groups is 2. The van der Waals surface area contributed by atoms with Crippen molar-refractivity contribution >= 4 is 34.8 Å². The van der Waals surface area contributed by atoms with E-state index >= 15 is 0 Å². The van der Waals surface area contributed by atoms with Crippen LogP contribution in [0.3, 0.4) is 0 Å². The van der Waals surface area contributed by atoms with E-state index in [1.165, 1.54) is 17.7 Å². The molecule has 0 unspecified atom stereocenters. The lowest BCUT2D eigenvalue weighted by Crippen LogP contribution is -2.06. The molecule has 5 nitrogen and oxygen atoms in total. The number of benzene rings is 2. The van der Waals surface area contributed by atoms with Gasteiger partial charge >= 0.3 is 0 Å². The smallest absolute Gasteiger partial charge is 0.229 e. The van der Waals surface area contributed by atoms with E-state index in [9.17, 15) is 9.59 Å². The number of rotatable bonds is 5. The Kier molecular flexibility index (Phi) is 5.35. The zero-order chi connectivity index (χ0) is 19.7. The van der Waals surface area contributed by atoms with Crippen LogP contribution in [0, 0.1) is 6.92 Å². The zero-order valence-electron chi connectivity index (χ0n) is 14.9. The van der Waals surface area contributed by atoms with Gasteiger partial charge in [0.2, 0.25) is 11.7 Å². The van der Waals surface area contributed by atoms with Gasteiger partial charge in [-0.3, -0.25) is 9.59 Å². The van der Waals surface area contributed by atoms with Crippen LogP contribution < -0.4 is 4.74 Å². The molecule has 1 heterocycles. The molecule has 3 rings (SSSR count). The van der Waals surface area contributed by atoms with Crippen LogP contribution in [0.25, 0.3) is 0 Å². The van der Waals surface area contributed by atoms with Crippen molar-refractivity contribution in [3.8, 4) is 11.6 Å². The van der Waals surface area contributed by atoms with Gasteiger partial charge in [-0.15, -0.1) is 0 Å². The van der Waals surface area contributed by atoms with Crippen molar-refractivity contribution in [1.29, 1.82) is 0 Å². The summed E-state index contributed by atoms with van der Waals surface area (Å²) >= 11 is 12.1. The second kappa shape index (κ2) is 7.55. The van der Waals surface area contributed by atoms with Crippen molar-refractivity contribution in [2.45, 2.75) is 13.8 Å². The van der Waals surface area contributed by atoms with Gasteiger partial charge in [0.1, 0.15) is 11.3 Å². The SMILES string of the molecule is CC(=O)c1cccc(Oc2c(C(=O)c3ccc(Cl)cc3Cl)c(C)nn2C)c1. The number of aryl methyl sites for hydroxylation is 2. The second-order valence-electron chi connectivity index (χ2n) is 6.03. The second-order valence-corrected chi connectivity index (χ2v) is 6.87. The normalized spacial score (nSPS) is 10.7. The molecular formula is C20H16Cl2N2O3. The molecule has 0 aliphatic carbocycles. The van der Waals surface area contributed by atoms with Gasteiger partial charge in [-0.05, 0) is 44.2 Å². The Morgan fingerprint density at radius 2 is 1.85 bits per heavy atom. The zero-order valence-corrected chi connectivity index (χ0v) is 16.4. The third kappa shape index (κ3) is 3.89. The van der Waals surface area contributed by atoms with Crippen LogP contribution in [0.4, 0.5) is 0 Å². The molecule has 0 aliphatic rings. The molecular weight excluding hydrogens is 387 g/mol. The van der Waals surface area contributed by atoms with E-state index < -0.39 is 0 Å². The van der Waals surface area contributed by atoms with Crippen LogP contribution in [-0.4, -0.2) is 21.3 Å². The van der Waals surface area contributed by atoms with E-state index in [0.29, 0.717) is 33.2 Å². The average Bonchev–Trinajstić information content (AvgIpc) is 2.88. The number of hydrogen-bond acceptors (Lipinski definition) is 4. The number of hydrogen-bond donors (Lipinski definition) is 0. The average molecular weight is 403 g/mol. The van der Waals surface area contributed by atoms with E-state index in [0.717, 1.165) is 0 Å². The minimum Gasteiger partial charge on any atom is -0.438 e. The molecule has 0 atom stereocenters. The number of aromatic nitrogens is 2. The molecule has 27 heavy (non-hydrogen) atoms. The number of carbonyl (C=O) groups excluding carboxylic acids is 2. The summed E-state index contributed by atoms with van der Waals surface area (Å²) in [5.41, 5.74) is 1.63. The molecule has 2 aromatic carbocycles. The molecule has 3 aromatic rings. The van der Waals surface area contributed by atoms with Crippen molar-refractivity contribution < 1.29 is 14.3 Å². The third-order valence-electron chi connectivity index (χ3n) is 4.03. The fraction of sp³-hybridized carbons (Fsp3) is 0.150. The summed E-state index contributed by atoms with van der Waals surface area (Å²) in [4.78, 5) is 24.7. The summed E-state index contributed by atoms with van der Waals surface area (Å²) in [5.74, 6) is 0.303. The summed E-state index contributed by atoms with van der Waals surface area (Å²) in [6.45, 7) is 3.20. The lowest BCUT2D eigenvalue weighted by Gasteiger charge is -2.10. The van der Waals surface area contributed by atoms with Crippen LogP contribution in [-0.2, 0) is 7.05 Å². The molecule has 0 spiro atoms. The highest BCUT2D eigenvalue weighted by atomic mass is 35.5. The lowest BCUT2D eigenvalue weighted by atomic mass is 10.0. The predicted octanol–water partition coefficient (Wildman–Crippen LogP) is 5.26. The van der Waals surface area contributed by atoms with Crippen molar-refractivity contribution in [3.05, 3.63) is 74.9 Å². The minimum atomic E-state index is -0.319. The number of ketones is 2. The molecule has 0 amide bonds. The van der Waals surface area contributed by atoms with Gasteiger partial charge < -0.3 is 4.74 Å². The number of halogens is 2. The maximum Gasteiger partial charge on any atom is 0.229 e. The van der Waals surface area contributed by atoms with Crippen molar-refractivity contribution in [2.75, 3.05) is 0 Å². The standard InChI is InChI=1S/C20H16Cl2N2O3/c1-11-18(19(26)16-8-7-14(21)10-17(16)22)20(24(3)23-11)27-15-6-4-5-13(9-15)12(2)25/h4-10H,1-3H3. The van der Waals surface area contributed by atoms with Gasteiger partial charge in [-0.25, -0.2) is 4.68 Å². The fourth-order valence-electron chi connectivity index (χ4n) is 2.71. The molecule has 0 aliphatic heterocycles. The van der Waals surface area contributed by atoms with Gasteiger partial charge in [-0.1, -0.05) is 35.3 Å². The van der Waals surface area contributed by atoms with Crippen LogP contribution >= 0.6 is 23.2 Å². The first-order chi connectivity index (χ1) is 12.8. The molecule has 138 valence electrons. The Labute approximate surface area is 166 Å². The summed E-state index contributed by atoms with van der Waals surface area (Å²) < 4.78 is 7.40. The predicted molar refractivity (Wildman–Crippen MR) is 104 cm³/mol. The summed E-state index contributed by atoms with van der Waals surface area (Å²) in [6, 6.07) is 11.4. The topological polar surface area (TPSA) is 61.2 Å². The monoisotopic (exact) mass is 402 g/mol. The van der Waals surface area contributed by atoms with Crippen LogP contribution in [0.5, 0.6) is 11.6 Å². The molecule has 0 radical (unpaired) electrons. The number of Topliss-reactive ketones (excluding diaryl/α,β-unsaturated/α-hetero) is 1. The quantitative estimate of drug-likeness (QED) is 0.545. The van der Waals surface area contributed by atoms with Crippen LogP contribution in [0.2, 0.25) is 10.0 Å². The molecule has 1 aromatic heterocycles. The minimum absolute atomic E-state index is 0.0779. The highest BCUT2D eigenvalue weighted by Crippen LogP contribution is 2.32. The first-order valence-electron chi connectivity index (χ1n) is 8.10. The number of ether oxygens (including phenoxy) is 1.